The number of pyridine rings is 1. The van der Waals surface area contributed by atoms with E-state index in [1.807, 2.05) is 48.5 Å². The van der Waals surface area contributed by atoms with E-state index in [4.69, 9.17) is 0 Å². The maximum Gasteiger partial charge on any atom is 0.256 e. The van der Waals surface area contributed by atoms with E-state index in [2.05, 4.69) is 10.3 Å². The van der Waals surface area contributed by atoms with Crippen molar-refractivity contribution in [3.05, 3.63) is 77.5 Å². The molecule has 0 unspecified atom stereocenters. The number of carbonyl (C=O) groups excluding carboxylic acids is 3. The van der Waals surface area contributed by atoms with E-state index in [0.29, 0.717) is 30.7 Å². The molecule has 0 bridgehead atoms. The lowest BCUT2D eigenvalue weighted by molar-refractivity contribution is -0.132. The third-order valence-electron chi connectivity index (χ3n) is 6.18. The van der Waals surface area contributed by atoms with Crippen molar-refractivity contribution in [2.75, 3.05) is 27.2 Å². The molecule has 0 spiro atoms. The summed E-state index contributed by atoms with van der Waals surface area (Å²) in [5.41, 5.74) is 3.21. The molecule has 170 valence electrons. The van der Waals surface area contributed by atoms with Gasteiger partial charge < -0.3 is 15.1 Å². The lowest BCUT2D eigenvalue weighted by Gasteiger charge is -2.21. The SMILES string of the molecule is CC(=O)NCc1ccc([C@H]2CN(C(=O)c3cccc4cccnc34)C[C@@H]2C(=O)N(C)C)cc1. The van der Waals surface area contributed by atoms with E-state index < -0.39 is 0 Å². The number of nitrogens with one attached hydrogen (secondary N) is 1. The predicted molar refractivity (Wildman–Crippen MR) is 127 cm³/mol. The first kappa shape index (κ1) is 22.5. The largest absolute Gasteiger partial charge is 0.352 e. The first-order chi connectivity index (χ1) is 15.8. The number of rotatable bonds is 5. The fourth-order valence-electron chi connectivity index (χ4n) is 4.45. The van der Waals surface area contributed by atoms with Crippen LogP contribution >= 0.6 is 0 Å². The second-order valence-electron chi connectivity index (χ2n) is 8.69. The van der Waals surface area contributed by atoms with Gasteiger partial charge in [0.1, 0.15) is 0 Å². The van der Waals surface area contributed by atoms with Gasteiger partial charge in [-0.25, -0.2) is 0 Å². The second-order valence-corrected chi connectivity index (χ2v) is 8.69. The highest BCUT2D eigenvalue weighted by Crippen LogP contribution is 2.35. The zero-order valence-electron chi connectivity index (χ0n) is 19.1. The molecule has 1 saturated heterocycles. The first-order valence-electron chi connectivity index (χ1n) is 11.0. The minimum atomic E-state index is -0.326. The van der Waals surface area contributed by atoms with Crippen LogP contribution in [0.5, 0.6) is 0 Å². The minimum Gasteiger partial charge on any atom is -0.352 e. The quantitative estimate of drug-likeness (QED) is 0.656. The van der Waals surface area contributed by atoms with Crippen LogP contribution in [0.2, 0.25) is 0 Å². The van der Waals surface area contributed by atoms with Crippen molar-refractivity contribution in [2.45, 2.75) is 19.4 Å². The molecular weight excluding hydrogens is 416 g/mol. The van der Waals surface area contributed by atoms with Crippen molar-refractivity contribution in [3.63, 3.8) is 0 Å². The van der Waals surface area contributed by atoms with Crippen LogP contribution in [0.15, 0.2) is 60.8 Å². The Kier molecular flexibility index (Phi) is 6.40. The van der Waals surface area contributed by atoms with Gasteiger partial charge in [0.25, 0.3) is 5.91 Å². The Morgan fingerprint density at radius 3 is 2.45 bits per heavy atom. The fourth-order valence-corrected chi connectivity index (χ4v) is 4.45. The first-order valence-corrected chi connectivity index (χ1v) is 11.0. The van der Waals surface area contributed by atoms with Crippen LogP contribution in [0.4, 0.5) is 0 Å². The summed E-state index contributed by atoms with van der Waals surface area (Å²) in [7, 11) is 3.49. The van der Waals surface area contributed by atoms with E-state index >= 15 is 0 Å². The van der Waals surface area contributed by atoms with Gasteiger partial charge in [-0.05, 0) is 23.3 Å². The topological polar surface area (TPSA) is 82.6 Å². The molecule has 1 aliphatic rings. The lowest BCUT2D eigenvalue weighted by atomic mass is 9.87. The lowest BCUT2D eigenvalue weighted by Crippen LogP contribution is -2.35. The summed E-state index contributed by atoms with van der Waals surface area (Å²) in [5.74, 6) is -0.618. The molecule has 2 atom stereocenters. The summed E-state index contributed by atoms with van der Waals surface area (Å²) in [6.45, 7) is 2.76. The van der Waals surface area contributed by atoms with E-state index in [9.17, 15) is 14.4 Å². The van der Waals surface area contributed by atoms with Gasteiger partial charge in [-0.1, -0.05) is 42.5 Å². The molecule has 33 heavy (non-hydrogen) atoms. The summed E-state index contributed by atoms with van der Waals surface area (Å²) in [6.07, 6.45) is 1.69. The maximum absolute atomic E-state index is 13.5. The van der Waals surface area contributed by atoms with Crippen molar-refractivity contribution >= 4 is 28.6 Å². The second kappa shape index (κ2) is 9.40. The number of nitrogens with zero attached hydrogens (tertiary/aromatic N) is 3. The number of benzene rings is 2. The molecule has 2 heterocycles. The Morgan fingerprint density at radius 2 is 1.76 bits per heavy atom. The van der Waals surface area contributed by atoms with Gasteiger partial charge in [-0.15, -0.1) is 0 Å². The molecule has 7 nitrogen and oxygen atoms in total. The molecule has 3 aromatic rings. The number of hydrogen-bond acceptors (Lipinski definition) is 4. The van der Waals surface area contributed by atoms with Crippen molar-refractivity contribution < 1.29 is 14.4 Å². The molecule has 3 amide bonds. The summed E-state index contributed by atoms with van der Waals surface area (Å²) in [5, 5.41) is 3.70. The van der Waals surface area contributed by atoms with Crippen LogP contribution in [-0.2, 0) is 16.1 Å². The third-order valence-corrected chi connectivity index (χ3v) is 6.18. The normalized spacial score (nSPS) is 17.7. The Bertz CT molecular complexity index is 1180. The zero-order chi connectivity index (χ0) is 23.5. The van der Waals surface area contributed by atoms with Gasteiger partial charge in [-0.2, -0.15) is 0 Å². The summed E-state index contributed by atoms with van der Waals surface area (Å²) in [6, 6.07) is 17.3. The molecule has 2 aromatic carbocycles. The van der Waals surface area contributed by atoms with Crippen LogP contribution in [0.1, 0.15) is 34.3 Å². The fraction of sp³-hybridized carbons (Fsp3) is 0.308. The van der Waals surface area contributed by atoms with E-state index in [1.54, 1.807) is 36.2 Å². The minimum absolute atomic E-state index is 0.00803. The molecule has 0 aliphatic carbocycles. The highest BCUT2D eigenvalue weighted by molar-refractivity contribution is 6.05. The van der Waals surface area contributed by atoms with Gasteiger partial charge in [0, 0.05) is 58.2 Å². The number of amides is 3. The molecule has 4 rings (SSSR count). The average Bonchev–Trinajstić information content (AvgIpc) is 3.27. The molecule has 7 heteroatoms. The smallest absolute Gasteiger partial charge is 0.256 e. The molecule has 0 saturated carbocycles. The van der Waals surface area contributed by atoms with Crippen LogP contribution in [0, 0.1) is 5.92 Å². The number of hydrogen-bond donors (Lipinski definition) is 1. The van der Waals surface area contributed by atoms with Crippen LogP contribution in [0.3, 0.4) is 0 Å². The highest BCUT2D eigenvalue weighted by Gasteiger charge is 2.41. The number of aromatic nitrogens is 1. The van der Waals surface area contributed by atoms with E-state index in [0.717, 1.165) is 16.5 Å². The van der Waals surface area contributed by atoms with Gasteiger partial charge in [0.15, 0.2) is 0 Å². The summed E-state index contributed by atoms with van der Waals surface area (Å²) >= 11 is 0. The number of para-hydroxylation sites is 1. The molecule has 1 fully saturated rings. The van der Waals surface area contributed by atoms with Crippen LogP contribution in [-0.4, -0.2) is 59.7 Å². The molecule has 0 radical (unpaired) electrons. The van der Waals surface area contributed by atoms with Crippen molar-refractivity contribution in [2.24, 2.45) is 5.92 Å². The maximum atomic E-state index is 13.5. The van der Waals surface area contributed by atoms with E-state index in [-0.39, 0.29) is 29.6 Å². The van der Waals surface area contributed by atoms with Crippen LogP contribution in [0.25, 0.3) is 10.9 Å². The van der Waals surface area contributed by atoms with Crippen LogP contribution < -0.4 is 5.32 Å². The molecule has 1 N–H and O–H groups in total. The van der Waals surface area contributed by atoms with Crippen molar-refractivity contribution in [1.82, 2.24) is 20.1 Å². The van der Waals surface area contributed by atoms with Gasteiger partial charge in [-0.3, -0.25) is 19.4 Å². The van der Waals surface area contributed by atoms with E-state index in [1.165, 1.54) is 6.92 Å². The molecular formula is C26H28N4O3. The average molecular weight is 445 g/mol. The Labute approximate surface area is 193 Å². The summed E-state index contributed by atoms with van der Waals surface area (Å²) < 4.78 is 0. The van der Waals surface area contributed by atoms with Crippen molar-refractivity contribution in [1.29, 1.82) is 0 Å². The monoisotopic (exact) mass is 444 g/mol. The number of carbonyl (C=O) groups is 3. The Hall–Kier alpha value is -3.74. The standard InChI is InChI=1S/C26H28N4O3/c1-17(31)28-14-18-9-11-19(12-10-18)22-15-30(16-23(22)25(32)29(2)3)26(33)21-8-4-6-20-7-5-13-27-24(20)21/h4-13,22-23H,14-16H2,1-3H3,(H,28,31)/t22-,23+/m1/s1. The molecule has 1 aliphatic heterocycles. The van der Waals surface area contributed by atoms with Gasteiger partial charge in [0.2, 0.25) is 11.8 Å². The zero-order valence-corrected chi connectivity index (χ0v) is 19.1. The Balaban J connectivity index is 1.61. The Morgan fingerprint density at radius 1 is 1.03 bits per heavy atom. The van der Waals surface area contributed by atoms with Gasteiger partial charge in [0.05, 0.1) is 17.0 Å². The predicted octanol–water partition coefficient (Wildman–Crippen LogP) is 2.81. The molecule has 1 aromatic heterocycles. The van der Waals surface area contributed by atoms with Gasteiger partial charge >= 0.3 is 0 Å². The highest BCUT2D eigenvalue weighted by atomic mass is 16.2. The third kappa shape index (κ3) is 4.72. The number of likely N-dealkylation sites (tertiary alicyclic amines) is 1. The van der Waals surface area contributed by atoms with Crippen molar-refractivity contribution in [3.8, 4) is 0 Å². The number of fused-ring (bicyclic) bond motifs is 1. The summed E-state index contributed by atoms with van der Waals surface area (Å²) in [4.78, 5) is 45.5.